The summed E-state index contributed by atoms with van der Waals surface area (Å²) in [4.78, 5) is 43.1. The van der Waals surface area contributed by atoms with Gasteiger partial charge in [-0.3, -0.25) is 14.4 Å². The number of hydrogen-bond donors (Lipinski definition) is 3. The predicted molar refractivity (Wildman–Crippen MR) is 150 cm³/mol. The van der Waals surface area contributed by atoms with Gasteiger partial charge in [0.1, 0.15) is 5.70 Å². The number of anilines is 2. The van der Waals surface area contributed by atoms with Crippen LogP contribution in [0, 0.1) is 6.92 Å². The molecule has 186 valence electrons. The number of carbonyl (C=O) groups excluding carboxylic acids is 3. The van der Waals surface area contributed by atoms with Gasteiger partial charge in [-0.15, -0.1) is 23.1 Å². The molecule has 0 spiro atoms. The fraction of sp³-hybridized carbons (Fsp3) is 0.0714. The monoisotopic (exact) mass is 528 g/mol. The van der Waals surface area contributed by atoms with Crippen LogP contribution >= 0.6 is 23.1 Å². The number of nitrogens with zero attached hydrogens (tertiary/aromatic N) is 1. The van der Waals surface area contributed by atoms with Crippen molar-refractivity contribution in [2.45, 2.75) is 11.8 Å². The molecule has 7 nitrogen and oxygen atoms in total. The van der Waals surface area contributed by atoms with E-state index in [-0.39, 0.29) is 23.3 Å². The molecule has 0 atom stereocenters. The summed E-state index contributed by atoms with van der Waals surface area (Å²) >= 11 is 2.70. The van der Waals surface area contributed by atoms with E-state index in [4.69, 9.17) is 0 Å². The maximum Gasteiger partial charge on any atom is 0.272 e. The van der Waals surface area contributed by atoms with E-state index in [9.17, 15) is 14.4 Å². The van der Waals surface area contributed by atoms with Gasteiger partial charge < -0.3 is 16.0 Å². The molecule has 1 aromatic heterocycles. The third-order valence-corrected chi connectivity index (χ3v) is 6.84. The van der Waals surface area contributed by atoms with E-state index in [1.807, 2.05) is 43.3 Å². The van der Waals surface area contributed by atoms with Crippen molar-refractivity contribution in [3.8, 4) is 0 Å². The SMILES string of the molecule is Cc1ccccc1/C=C(\NC(=O)c1ccccc1)C(=O)Nc1cccc(SCC(=O)Nc2nccs2)c1. The van der Waals surface area contributed by atoms with Crippen LogP contribution in [0.15, 0.2) is 101 Å². The third kappa shape index (κ3) is 7.63. The van der Waals surface area contributed by atoms with Crippen molar-refractivity contribution in [3.05, 3.63) is 113 Å². The number of hydrogen-bond acceptors (Lipinski definition) is 6. The Bertz CT molecular complexity index is 1420. The van der Waals surface area contributed by atoms with Crippen LogP contribution < -0.4 is 16.0 Å². The molecule has 3 amide bonds. The van der Waals surface area contributed by atoms with Gasteiger partial charge in [0.2, 0.25) is 5.91 Å². The lowest BCUT2D eigenvalue weighted by atomic mass is 10.1. The molecule has 0 fully saturated rings. The minimum Gasteiger partial charge on any atom is -0.321 e. The van der Waals surface area contributed by atoms with Crippen LogP contribution in [0.25, 0.3) is 6.08 Å². The number of aryl methyl sites for hydroxylation is 1. The number of thioether (sulfide) groups is 1. The highest BCUT2D eigenvalue weighted by Gasteiger charge is 2.16. The minimum absolute atomic E-state index is 0.115. The smallest absolute Gasteiger partial charge is 0.272 e. The standard InChI is InChI=1S/C28H24N4O3S2/c1-19-8-5-6-11-21(19)16-24(31-26(34)20-9-3-2-4-10-20)27(35)30-22-12-7-13-23(17-22)37-18-25(33)32-28-29-14-15-36-28/h2-17H,18H2,1H3,(H,30,35)(H,31,34)(H,29,32,33)/b24-16-. The summed E-state index contributed by atoms with van der Waals surface area (Å²) in [5, 5.41) is 10.7. The summed E-state index contributed by atoms with van der Waals surface area (Å²) in [5.41, 5.74) is 2.89. The number of nitrogens with one attached hydrogen (secondary N) is 3. The fourth-order valence-corrected chi connectivity index (χ4v) is 4.60. The molecule has 0 aliphatic heterocycles. The summed E-state index contributed by atoms with van der Waals surface area (Å²) in [5.74, 6) is -0.813. The molecule has 0 aliphatic carbocycles. The fourth-order valence-electron chi connectivity index (χ4n) is 3.30. The van der Waals surface area contributed by atoms with Crippen LogP contribution in [0.4, 0.5) is 10.8 Å². The van der Waals surface area contributed by atoms with E-state index in [0.717, 1.165) is 16.0 Å². The van der Waals surface area contributed by atoms with Crippen LogP contribution in [-0.2, 0) is 9.59 Å². The molecular weight excluding hydrogens is 504 g/mol. The second-order valence-electron chi connectivity index (χ2n) is 7.89. The summed E-state index contributed by atoms with van der Waals surface area (Å²) in [6.07, 6.45) is 3.29. The van der Waals surface area contributed by atoms with Crippen molar-refractivity contribution in [2.75, 3.05) is 16.4 Å². The largest absolute Gasteiger partial charge is 0.321 e. The zero-order valence-corrected chi connectivity index (χ0v) is 21.6. The Morgan fingerprint density at radius 3 is 2.49 bits per heavy atom. The zero-order chi connectivity index (χ0) is 26.0. The number of thiazole rings is 1. The van der Waals surface area contributed by atoms with Gasteiger partial charge in [0, 0.05) is 27.7 Å². The molecule has 4 rings (SSSR count). The number of amides is 3. The Morgan fingerprint density at radius 2 is 1.73 bits per heavy atom. The summed E-state index contributed by atoms with van der Waals surface area (Å²) < 4.78 is 0. The second-order valence-corrected chi connectivity index (χ2v) is 9.83. The summed E-state index contributed by atoms with van der Waals surface area (Å²) in [7, 11) is 0. The molecule has 0 unspecified atom stereocenters. The molecule has 0 saturated heterocycles. The number of aromatic nitrogens is 1. The normalized spacial score (nSPS) is 11.0. The van der Waals surface area contributed by atoms with Crippen molar-refractivity contribution in [2.24, 2.45) is 0 Å². The molecule has 3 N–H and O–H groups in total. The maximum absolute atomic E-state index is 13.3. The Morgan fingerprint density at radius 1 is 0.946 bits per heavy atom. The van der Waals surface area contributed by atoms with E-state index in [1.54, 1.807) is 60.1 Å². The molecule has 0 aliphatic rings. The molecule has 0 saturated carbocycles. The van der Waals surface area contributed by atoms with Crippen molar-refractivity contribution < 1.29 is 14.4 Å². The highest BCUT2D eigenvalue weighted by molar-refractivity contribution is 8.00. The molecule has 9 heteroatoms. The van der Waals surface area contributed by atoms with Gasteiger partial charge in [0.05, 0.1) is 5.75 Å². The first-order valence-corrected chi connectivity index (χ1v) is 13.2. The third-order valence-electron chi connectivity index (χ3n) is 5.16. The first-order chi connectivity index (χ1) is 18.0. The van der Waals surface area contributed by atoms with E-state index in [0.29, 0.717) is 16.4 Å². The van der Waals surface area contributed by atoms with Gasteiger partial charge in [-0.1, -0.05) is 48.5 Å². The van der Waals surface area contributed by atoms with Gasteiger partial charge in [-0.05, 0) is 54.5 Å². The summed E-state index contributed by atoms with van der Waals surface area (Å²) in [6, 6.07) is 23.5. The van der Waals surface area contributed by atoms with Crippen molar-refractivity contribution in [1.82, 2.24) is 10.3 Å². The predicted octanol–water partition coefficient (Wildman–Crippen LogP) is 5.59. The lowest BCUT2D eigenvalue weighted by molar-refractivity contribution is -0.114. The van der Waals surface area contributed by atoms with Crippen LogP contribution in [0.1, 0.15) is 21.5 Å². The average Bonchev–Trinajstić information content (AvgIpc) is 3.42. The molecule has 37 heavy (non-hydrogen) atoms. The van der Waals surface area contributed by atoms with Crippen molar-refractivity contribution in [1.29, 1.82) is 0 Å². The molecule has 4 aromatic rings. The lowest BCUT2D eigenvalue weighted by Crippen LogP contribution is -2.30. The number of benzene rings is 3. The minimum atomic E-state index is -0.462. The Labute approximate surface area is 223 Å². The van der Waals surface area contributed by atoms with E-state index < -0.39 is 5.91 Å². The lowest BCUT2D eigenvalue weighted by Gasteiger charge is -2.13. The molecule has 1 heterocycles. The zero-order valence-electron chi connectivity index (χ0n) is 19.9. The van der Waals surface area contributed by atoms with Gasteiger partial charge in [0.15, 0.2) is 5.13 Å². The molecular formula is C28H24N4O3S2. The Hall–Kier alpha value is -4.21. The van der Waals surface area contributed by atoms with Gasteiger partial charge >= 0.3 is 0 Å². The number of rotatable bonds is 9. The first kappa shape index (κ1) is 25.9. The van der Waals surface area contributed by atoms with E-state index in [2.05, 4.69) is 20.9 Å². The van der Waals surface area contributed by atoms with E-state index in [1.165, 1.54) is 23.1 Å². The number of carbonyl (C=O) groups is 3. The maximum atomic E-state index is 13.3. The van der Waals surface area contributed by atoms with Crippen LogP contribution in [0.3, 0.4) is 0 Å². The highest BCUT2D eigenvalue weighted by atomic mass is 32.2. The van der Waals surface area contributed by atoms with Crippen LogP contribution in [-0.4, -0.2) is 28.5 Å². The average molecular weight is 529 g/mol. The highest BCUT2D eigenvalue weighted by Crippen LogP contribution is 2.23. The van der Waals surface area contributed by atoms with Crippen LogP contribution in [0.2, 0.25) is 0 Å². The van der Waals surface area contributed by atoms with Gasteiger partial charge in [-0.2, -0.15) is 0 Å². The van der Waals surface area contributed by atoms with E-state index >= 15 is 0 Å². The quantitative estimate of drug-likeness (QED) is 0.194. The van der Waals surface area contributed by atoms with Crippen molar-refractivity contribution in [3.63, 3.8) is 0 Å². The van der Waals surface area contributed by atoms with Gasteiger partial charge in [-0.25, -0.2) is 4.98 Å². The second kappa shape index (κ2) is 12.7. The molecule has 0 radical (unpaired) electrons. The first-order valence-electron chi connectivity index (χ1n) is 11.4. The Kier molecular flexibility index (Phi) is 8.85. The van der Waals surface area contributed by atoms with Crippen molar-refractivity contribution >= 4 is 57.7 Å². The topological polar surface area (TPSA) is 100 Å². The van der Waals surface area contributed by atoms with Gasteiger partial charge in [0.25, 0.3) is 11.8 Å². The summed E-state index contributed by atoms with van der Waals surface area (Å²) in [6.45, 7) is 1.94. The molecule has 3 aromatic carbocycles. The Balaban J connectivity index is 1.47. The van der Waals surface area contributed by atoms with Crippen LogP contribution in [0.5, 0.6) is 0 Å². The molecule has 0 bridgehead atoms.